The van der Waals surface area contributed by atoms with Crippen molar-refractivity contribution in [1.29, 1.82) is 0 Å². The van der Waals surface area contributed by atoms with E-state index in [1.165, 1.54) is 11.0 Å². The topological polar surface area (TPSA) is 208 Å². The highest BCUT2D eigenvalue weighted by Gasteiger charge is 2.59. The van der Waals surface area contributed by atoms with E-state index in [0.717, 1.165) is 5.57 Å². The third-order valence-corrected chi connectivity index (χ3v) is 7.84. The zero-order chi connectivity index (χ0) is 35.1. The molecule has 1 aliphatic carbocycles. The number of amides is 4. The predicted molar refractivity (Wildman–Crippen MR) is 176 cm³/mol. The second kappa shape index (κ2) is 15.1. The first-order valence-electron chi connectivity index (χ1n) is 15.4. The molecule has 0 radical (unpaired) electrons. The zero-order valence-corrected chi connectivity index (χ0v) is 27.9. The number of primary amides is 1. The smallest absolute Gasteiger partial charge is 0.408 e. The number of amidine groups is 1. The Morgan fingerprint density at radius 3 is 2.34 bits per heavy atom. The van der Waals surface area contributed by atoms with Crippen LogP contribution < -0.4 is 32.3 Å². The van der Waals surface area contributed by atoms with Crippen LogP contribution in [0.1, 0.15) is 65.9 Å². The number of rotatable bonds is 14. The summed E-state index contributed by atoms with van der Waals surface area (Å²) >= 11 is 0. The van der Waals surface area contributed by atoms with Crippen LogP contribution in [0.4, 0.5) is 4.79 Å². The van der Waals surface area contributed by atoms with Gasteiger partial charge in [-0.3, -0.25) is 19.2 Å². The van der Waals surface area contributed by atoms with Gasteiger partial charge in [-0.25, -0.2) is 4.79 Å². The van der Waals surface area contributed by atoms with Crippen LogP contribution in [0.25, 0.3) is 0 Å². The summed E-state index contributed by atoms with van der Waals surface area (Å²) in [7, 11) is 1.55. The molecule has 2 fully saturated rings. The molecule has 1 saturated heterocycles. The normalized spacial score (nSPS) is 22.7. The van der Waals surface area contributed by atoms with Gasteiger partial charge in [0.25, 0.3) is 0 Å². The molecule has 7 N–H and O–H groups in total. The molecule has 256 valence electrons. The molecule has 0 bridgehead atoms. The van der Waals surface area contributed by atoms with Gasteiger partial charge in [0, 0.05) is 30.9 Å². The van der Waals surface area contributed by atoms with Crippen molar-refractivity contribution < 1.29 is 33.4 Å². The van der Waals surface area contributed by atoms with Gasteiger partial charge >= 0.3 is 6.09 Å². The van der Waals surface area contributed by atoms with E-state index in [9.17, 15) is 24.0 Å². The molecule has 5 atom stereocenters. The number of nitrogens with two attached hydrogens (primary N) is 2. The van der Waals surface area contributed by atoms with Crippen LogP contribution in [0, 0.1) is 5.92 Å². The Labute approximate surface area is 275 Å². The summed E-state index contributed by atoms with van der Waals surface area (Å²) in [5, 5.41) is 9.62. The molecule has 1 heterocycles. The van der Waals surface area contributed by atoms with Gasteiger partial charge in [0.15, 0.2) is 11.6 Å². The summed E-state index contributed by atoms with van der Waals surface area (Å²) < 4.78 is 10.6. The monoisotopic (exact) mass is 653 g/mol. The van der Waals surface area contributed by atoms with Crippen LogP contribution in [-0.4, -0.2) is 83.3 Å². The van der Waals surface area contributed by atoms with E-state index >= 15 is 0 Å². The Morgan fingerprint density at radius 1 is 1.15 bits per heavy atom. The first kappa shape index (κ1) is 36.6. The van der Waals surface area contributed by atoms with Crippen molar-refractivity contribution in [3.63, 3.8) is 0 Å². The molecule has 0 aromatic heterocycles. The quantitative estimate of drug-likeness (QED) is 0.0649. The summed E-state index contributed by atoms with van der Waals surface area (Å²) in [6.45, 7) is 12.3. The summed E-state index contributed by atoms with van der Waals surface area (Å²) in [5.41, 5.74) is 14.1. The lowest BCUT2D eigenvalue weighted by atomic mass is 10.0. The van der Waals surface area contributed by atoms with Crippen LogP contribution in [0.3, 0.4) is 0 Å². The first-order valence-corrected chi connectivity index (χ1v) is 15.4. The maximum absolute atomic E-state index is 14.1. The van der Waals surface area contributed by atoms with Crippen molar-refractivity contribution >= 4 is 35.4 Å². The van der Waals surface area contributed by atoms with Crippen LogP contribution in [-0.2, 0) is 23.9 Å². The molecule has 1 aromatic rings. The molecule has 14 nitrogen and oxygen atoms in total. The minimum atomic E-state index is -1.30. The van der Waals surface area contributed by atoms with E-state index in [1.54, 1.807) is 72.1 Å². The second-order valence-electron chi connectivity index (χ2n) is 13.1. The number of hydrogen-bond acceptors (Lipinski definition) is 9. The highest BCUT2D eigenvalue weighted by atomic mass is 16.6. The Balaban J connectivity index is 1.89. The molecule has 0 spiro atoms. The average Bonchev–Trinajstić information content (AvgIpc) is 3.54. The fourth-order valence-corrected chi connectivity index (χ4v) is 5.36. The number of allylic oxidation sites excluding steroid dienone is 2. The predicted octanol–water partition coefficient (Wildman–Crippen LogP) is 1.63. The molecule has 1 aliphatic heterocycles. The third-order valence-electron chi connectivity index (χ3n) is 7.84. The molecule has 14 heteroatoms. The van der Waals surface area contributed by atoms with Crippen molar-refractivity contribution in [1.82, 2.24) is 21.0 Å². The van der Waals surface area contributed by atoms with Gasteiger partial charge < -0.3 is 41.9 Å². The molecular formula is C33H47N7O7. The van der Waals surface area contributed by atoms with Gasteiger partial charge in [0.1, 0.15) is 29.0 Å². The lowest BCUT2D eigenvalue weighted by Gasteiger charge is -2.30. The number of methoxy groups -OCH3 is 1. The van der Waals surface area contributed by atoms with Gasteiger partial charge in [-0.15, -0.1) is 6.58 Å². The number of ketones is 1. The van der Waals surface area contributed by atoms with Crippen LogP contribution in [0.2, 0.25) is 0 Å². The van der Waals surface area contributed by atoms with Crippen molar-refractivity contribution in [3.8, 4) is 5.75 Å². The number of benzene rings is 1. The highest BCUT2D eigenvalue weighted by Crippen LogP contribution is 2.44. The SMILES string of the molecule is C=C[C@@H]1C[C@]1(NC(=O)[C@@H]1C[C@@H](N/N=C(\N)c2ccc(OC)cc2)CN1C(=O)[C@H](CCC(=O)C=C(C)C)NC(=O)OC(C)(C)C)C(N)=O. The Morgan fingerprint density at radius 2 is 1.81 bits per heavy atom. The van der Waals surface area contributed by atoms with Crippen LogP contribution in [0.15, 0.2) is 53.7 Å². The number of alkyl carbamates (subject to hydrolysis) is 1. The molecular weight excluding hydrogens is 606 g/mol. The van der Waals surface area contributed by atoms with E-state index < -0.39 is 53.1 Å². The van der Waals surface area contributed by atoms with E-state index in [-0.39, 0.29) is 49.8 Å². The Kier molecular flexibility index (Phi) is 11.8. The fraction of sp³-hybridized carbons (Fsp3) is 0.515. The molecule has 3 rings (SSSR count). The first-order chi connectivity index (χ1) is 22.0. The third kappa shape index (κ3) is 9.80. The summed E-state index contributed by atoms with van der Waals surface area (Å²) in [6.07, 6.45) is 2.46. The zero-order valence-electron chi connectivity index (χ0n) is 27.9. The Bertz CT molecular complexity index is 1430. The fourth-order valence-electron chi connectivity index (χ4n) is 5.36. The standard InChI is InChI=1S/C33H47N7O7/c1-8-21-17-33(21,30(35)44)37-28(42)26-16-22(38-39-27(34)20-9-12-24(46-7)13-10-20)18-40(26)29(43)25(14-11-23(41)15-19(2)3)36-31(45)47-32(4,5)6/h8-10,12-13,15,21-22,25-26,38H,1,11,14,16-18H2,2-7H3,(H2,34,39)(H2,35,44)(H,36,45)(H,37,42)/t21-,22-,25+,26+,33-/m1/s1. The number of carbonyl (C=O) groups is 5. The molecule has 2 aliphatic rings. The molecule has 0 unspecified atom stereocenters. The lowest BCUT2D eigenvalue weighted by molar-refractivity contribution is -0.141. The molecule has 1 aromatic carbocycles. The van der Waals surface area contributed by atoms with Crippen LogP contribution in [0.5, 0.6) is 5.75 Å². The van der Waals surface area contributed by atoms with Crippen molar-refractivity contribution in [2.75, 3.05) is 13.7 Å². The number of carbonyl (C=O) groups excluding carboxylic acids is 5. The second-order valence-corrected chi connectivity index (χ2v) is 13.1. The van der Waals surface area contributed by atoms with Crippen molar-refractivity contribution in [3.05, 3.63) is 54.1 Å². The maximum Gasteiger partial charge on any atom is 0.408 e. The molecule has 1 saturated carbocycles. The van der Waals surface area contributed by atoms with Gasteiger partial charge in [-0.05, 0) is 77.8 Å². The van der Waals surface area contributed by atoms with Gasteiger partial charge in [-0.1, -0.05) is 11.6 Å². The van der Waals surface area contributed by atoms with E-state index in [2.05, 4.69) is 27.7 Å². The van der Waals surface area contributed by atoms with E-state index in [4.69, 9.17) is 20.9 Å². The Hall–Kier alpha value is -4.88. The van der Waals surface area contributed by atoms with Gasteiger partial charge in [0.05, 0.1) is 13.2 Å². The number of nitrogens with zero attached hydrogens (tertiary/aromatic N) is 2. The van der Waals surface area contributed by atoms with E-state index in [1.807, 2.05) is 0 Å². The lowest BCUT2D eigenvalue weighted by Crippen LogP contribution is -2.57. The summed E-state index contributed by atoms with van der Waals surface area (Å²) in [6, 6.07) is 4.12. The van der Waals surface area contributed by atoms with E-state index in [0.29, 0.717) is 11.3 Å². The minimum absolute atomic E-state index is 0.000807. The number of nitrogens with one attached hydrogen (secondary N) is 3. The van der Waals surface area contributed by atoms with Gasteiger partial charge in [0.2, 0.25) is 17.7 Å². The molecule has 47 heavy (non-hydrogen) atoms. The highest BCUT2D eigenvalue weighted by molar-refractivity contribution is 5.99. The maximum atomic E-state index is 14.1. The summed E-state index contributed by atoms with van der Waals surface area (Å²) in [4.78, 5) is 66.8. The van der Waals surface area contributed by atoms with Gasteiger partial charge in [-0.2, -0.15) is 5.10 Å². The number of ether oxygens (including phenoxy) is 2. The number of likely N-dealkylation sites (tertiary alicyclic amines) is 1. The minimum Gasteiger partial charge on any atom is -0.497 e. The summed E-state index contributed by atoms with van der Waals surface area (Å²) in [5.74, 6) is -1.68. The van der Waals surface area contributed by atoms with Crippen molar-refractivity contribution in [2.24, 2.45) is 22.5 Å². The van der Waals surface area contributed by atoms with Crippen molar-refractivity contribution in [2.45, 2.75) is 89.6 Å². The number of hydrogen-bond donors (Lipinski definition) is 5. The number of hydrazone groups is 1. The molecule has 4 amide bonds. The van der Waals surface area contributed by atoms with Crippen LogP contribution >= 0.6 is 0 Å². The largest absolute Gasteiger partial charge is 0.497 e. The average molecular weight is 654 g/mol.